The van der Waals surface area contributed by atoms with Crippen molar-refractivity contribution in [2.75, 3.05) is 22.1 Å². The van der Waals surface area contributed by atoms with Gasteiger partial charge in [0.15, 0.2) is 0 Å². The number of hydrogen-bond acceptors (Lipinski definition) is 5. The molecule has 0 aromatic heterocycles. The number of unbranched alkanes of at least 4 members (excludes halogenated alkanes) is 1. The Labute approximate surface area is 229 Å². The van der Waals surface area contributed by atoms with Gasteiger partial charge in [-0.3, -0.25) is 14.4 Å². The van der Waals surface area contributed by atoms with Gasteiger partial charge in [-0.2, -0.15) is 0 Å². The molecule has 4 rings (SSSR count). The summed E-state index contributed by atoms with van der Waals surface area (Å²) in [6, 6.07) is 15.4. The van der Waals surface area contributed by atoms with Crippen molar-refractivity contribution in [2.45, 2.75) is 26.7 Å². The number of amides is 3. The van der Waals surface area contributed by atoms with Crippen molar-refractivity contribution in [3.05, 3.63) is 93.4 Å². The topological polar surface area (TPSA) is 87.7 Å². The van der Waals surface area contributed by atoms with Gasteiger partial charge in [0, 0.05) is 16.9 Å². The quantitative estimate of drug-likeness (QED) is 0.228. The molecule has 0 aliphatic carbocycles. The van der Waals surface area contributed by atoms with Crippen LogP contribution in [-0.4, -0.2) is 24.3 Å². The van der Waals surface area contributed by atoms with E-state index in [4.69, 9.17) is 27.9 Å². The van der Waals surface area contributed by atoms with Crippen molar-refractivity contribution in [3.8, 4) is 5.75 Å². The number of benzene rings is 3. The Balaban J connectivity index is 1.49. The molecule has 0 saturated heterocycles. The van der Waals surface area contributed by atoms with E-state index in [1.165, 1.54) is 12.1 Å². The highest BCUT2D eigenvalue weighted by atomic mass is 35.5. The summed E-state index contributed by atoms with van der Waals surface area (Å²) in [4.78, 5) is 39.5. The van der Waals surface area contributed by atoms with Gasteiger partial charge in [0.25, 0.3) is 17.7 Å². The smallest absolute Gasteiger partial charge is 0.283 e. The Bertz CT molecular complexity index is 1440. The van der Waals surface area contributed by atoms with E-state index in [0.717, 1.165) is 29.6 Å². The number of nitrogens with one attached hydrogen (secondary N) is 2. The number of rotatable bonds is 9. The zero-order chi connectivity index (χ0) is 27.4. The van der Waals surface area contributed by atoms with Crippen LogP contribution in [0.5, 0.6) is 5.75 Å². The van der Waals surface area contributed by atoms with Crippen molar-refractivity contribution in [1.29, 1.82) is 0 Å². The standard InChI is InChI=1S/C28H24Cl2FN3O4/c1-3-4-13-38-20-10-7-18(8-11-20)32-26(35)17-6-5-16(2)23(14-17)33-25-24(30)27(36)34(28(25)37)19-9-12-22(31)21(29)15-19/h5-12,14-15,33H,3-4,13H2,1-2H3,(H,32,35). The van der Waals surface area contributed by atoms with E-state index in [2.05, 4.69) is 17.6 Å². The molecule has 3 aromatic rings. The molecule has 1 heterocycles. The average molecular weight is 556 g/mol. The molecule has 3 amide bonds. The summed E-state index contributed by atoms with van der Waals surface area (Å²) in [6.07, 6.45) is 2.00. The molecule has 3 aromatic carbocycles. The predicted molar refractivity (Wildman–Crippen MR) is 146 cm³/mol. The molecule has 0 saturated carbocycles. The molecule has 0 bridgehead atoms. The lowest BCUT2D eigenvalue weighted by Gasteiger charge is -2.16. The van der Waals surface area contributed by atoms with E-state index in [1.54, 1.807) is 49.4 Å². The van der Waals surface area contributed by atoms with Crippen LogP contribution in [-0.2, 0) is 9.59 Å². The third-order valence-electron chi connectivity index (χ3n) is 5.83. The van der Waals surface area contributed by atoms with E-state index >= 15 is 0 Å². The molecule has 0 atom stereocenters. The fraction of sp³-hybridized carbons (Fsp3) is 0.179. The predicted octanol–water partition coefficient (Wildman–Crippen LogP) is 6.65. The second-order valence-corrected chi connectivity index (χ2v) is 9.35. The van der Waals surface area contributed by atoms with Gasteiger partial charge in [-0.25, -0.2) is 9.29 Å². The van der Waals surface area contributed by atoms with Crippen molar-refractivity contribution < 1.29 is 23.5 Å². The highest BCUT2D eigenvalue weighted by molar-refractivity contribution is 6.53. The first-order valence-corrected chi connectivity index (χ1v) is 12.6. The Morgan fingerprint density at radius 1 is 1.00 bits per heavy atom. The summed E-state index contributed by atoms with van der Waals surface area (Å²) < 4.78 is 19.2. The number of hydrogen-bond donors (Lipinski definition) is 2. The van der Waals surface area contributed by atoms with Crippen LogP contribution in [0.2, 0.25) is 5.02 Å². The minimum Gasteiger partial charge on any atom is -0.494 e. The molecule has 0 radical (unpaired) electrons. The minimum atomic E-state index is -0.782. The summed E-state index contributed by atoms with van der Waals surface area (Å²) in [5.41, 5.74) is 1.92. The van der Waals surface area contributed by atoms with Gasteiger partial charge in [-0.05, 0) is 73.5 Å². The zero-order valence-electron chi connectivity index (χ0n) is 20.6. The summed E-state index contributed by atoms with van der Waals surface area (Å²) >= 11 is 12.0. The number of carbonyl (C=O) groups excluding carboxylic acids is 3. The van der Waals surface area contributed by atoms with Gasteiger partial charge in [0.05, 0.1) is 17.3 Å². The first-order valence-electron chi connectivity index (χ1n) is 11.8. The molecule has 2 N–H and O–H groups in total. The Morgan fingerprint density at radius 2 is 1.74 bits per heavy atom. The first kappa shape index (κ1) is 27.2. The molecule has 0 fully saturated rings. The number of halogens is 3. The van der Waals surface area contributed by atoms with Crippen LogP contribution in [0, 0.1) is 12.7 Å². The SMILES string of the molecule is CCCCOc1ccc(NC(=O)c2ccc(C)c(NC3=C(Cl)C(=O)N(c4ccc(F)c(Cl)c4)C3=O)c2)cc1. The molecule has 0 spiro atoms. The van der Waals surface area contributed by atoms with Gasteiger partial charge in [0.2, 0.25) is 0 Å². The number of aryl methyl sites for hydroxylation is 1. The summed E-state index contributed by atoms with van der Waals surface area (Å²) in [5.74, 6) is -1.86. The van der Waals surface area contributed by atoms with Crippen LogP contribution >= 0.6 is 23.2 Å². The lowest BCUT2D eigenvalue weighted by Crippen LogP contribution is -2.32. The first-order chi connectivity index (χ1) is 18.2. The van der Waals surface area contributed by atoms with Gasteiger partial charge >= 0.3 is 0 Å². The van der Waals surface area contributed by atoms with Crippen molar-refractivity contribution in [3.63, 3.8) is 0 Å². The second-order valence-electron chi connectivity index (χ2n) is 8.57. The van der Waals surface area contributed by atoms with E-state index < -0.39 is 17.6 Å². The Hall–Kier alpha value is -3.88. The molecule has 1 aliphatic heterocycles. The van der Waals surface area contributed by atoms with Crippen LogP contribution < -0.4 is 20.3 Å². The van der Waals surface area contributed by atoms with Gasteiger partial charge in [-0.1, -0.05) is 42.6 Å². The molecular weight excluding hydrogens is 532 g/mol. The summed E-state index contributed by atoms with van der Waals surface area (Å²) in [5, 5.41) is 5.13. The maximum atomic E-state index is 13.6. The number of ether oxygens (including phenoxy) is 1. The van der Waals surface area contributed by atoms with Crippen LogP contribution in [0.1, 0.15) is 35.7 Å². The highest BCUT2D eigenvalue weighted by Gasteiger charge is 2.39. The molecule has 7 nitrogen and oxygen atoms in total. The van der Waals surface area contributed by atoms with Gasteiger partial charge < -0.3 is 15.4 Å². The van der Waals surface area contributed by atoms with Gasteiger partial charge in [-0.15, -0.1) is 0 Å². The molecule has 10 heteroatoms. The fourth-order valence-corrected chi connectivity index (χ4v) is 4.06. The zero-order valence-corrected chi connectivity index (χ0v) is 22.1. The number of imide groups is 1. The molecule has 1 aliphatic rings. The monoisotopic (exact) mass is 555 g/mol. The van der Waals surface area contributed by atoms with Crippen molar-refractivity contribution in [1.82, 2.24) is 0 Å². The summed E-state index contributed by atoms with van der Waals surface area (Å²) in [6.45, 7) is 4.49. The Kier molecular flexibility index (Phi) is 8.34. The molecule has 38 heavy (non-hydrogen) atoms. The van der Waals surface area contributed by atoms with E-state index in [0.29, 0.717) is 29.1 Å². The fourth-order valence-electron chi connectivity index (χ4n) is 3.67. The average Bonchev–Trinajstić information content (AvgIpc) is 3.11. The molecular formula is C28H24Cl2FN3O4. The highest BCUT2D eigenvalue weighted by Crippen LogP contribution is 2.33. The largest absolute Gasteiger partial charge is 0.494 e. The maximum absolute atomic E-state index is 13.6. The maximum Gasteiger partial charge on any atom is 0.283 e. The van der Waals surface area contributed by atoms with Crippen molar-refractivity contribution >= 4 is 58.0 Å². The Morgan fingerprint density at radius 3 is 2.42 bits per heavy atom. The van der Waals surface area contributed by atoms with E-state index in [-0.39, 0.29) is 27.3 Å². The second kappa shape index (κ2) is 11.7. The van der Waals surface area contributed by atoms with Crippen LogP contribution in [0.3, 0.4) is 0 Å². The number of nitrogens with zero attached hydrogens (tertiary/aromatic N) is 1. The lowest BCUT2D eigenvalue weighted by atomic mass is 10.1. The normalized spacial score (nSPS) is 13.2. The lowest BCUT2D eigenvalue weighted by molar-refractivity contribution is -0.120. The van der Waals surface area contributed by atoms with Crippen LogP contribution in [0.25, 0.3) is 0 Å². The third kappa shape index (κ3) is 5.82. The summed E-state index contributed by atoms with van der Waals surface area (Å²) in [7, 11) is 0. The minimum absolute atomic E-state index is 0.0768. The van der Waals surface area contributed by atoms with Crippen molar-refractivity contribution in [2.24, 2.45) is 0 Å². The number of carbonyl (C=O) groups is 3. The molecule has 0 unspecified atom stereocenters. The van der Waals surface area contributed by atoms with Crippen LogP contribution in [0.4, 0.5) is 21.5 Å². The van der Waals surface area contributed by atoms with Crippen LogP contribution in [0.15, 0.2) is 71.4 Å². The van der Waals surface area contributed by atoms with Gasteiger partial charge in [0.1, 0.15) is 22.3 Å². The van der Waals surface area contributed by atoms with E-state index in [9.17, 15) is 18.8 Å². The third-order valence-corrected chi connectivity index (χ3v) is 6.47. The number of anilines is 3. The van der Waals surface area contributed by atoms with E-state index in [1.807, 2.05) is 0 Å². The molecule has 196 valence electrons.